The number of unbranched alkanes of at least 4 members (excludes halogenated alkanes) is 2. The van der Waals surface area contributed by atoms with E-state index in [1.165, 1.54) is 22.9 Å². The topological polar surface area (TPSA) is 234 Å². The summed E-state index contributed by atoms with van der Waals surface area (Å²) in [7, 11) is 3.12. The number of oxime groups is 2. The summed E-state index contributed by atoms with van der Waals surface area (Å²) in [4.78, 5) is 61.3. The summed E-state index contributed by atoms with van der Waals surface area (Å²) < 4.78 is 7.19. The van der Waals surface area contributed by atoms with Gasteiger partial charge in [-0.05, 0) is 83.6 Å². The molecule has 0 fully saturated rings. The Labute approximate surface area is 355 Å². The number of phenolic OH excluding ortho intramolecular Hbond substituents is 2. The second-order valence-corrected chi connectivity index (χ2v) is 17.4. The molecule has 312 valence electrons. The lowest BCUT2D eigenvalue weighted by Gasteiger charge is -2.31. The van der Waals surface area contributed by atoms with Gasteiger partial charge in [-0.1, -0.05) is 44.9 Å². The Morgan fingerprint density at radius 2 is 1.83 bits per heavy atom. The molecular weight excluding hydrogens is 869 g/mol. The Morgan fingerprint density at radius 3 is 2.58 bits per heavy atom. The van der Waals surface area contributed by atoms with Gasteiger partial charge in [-0.2, -0.15) is 0 Å². The van der Waals surface area contributed by atoms with E-state index in [9.17, 15) is 39.7 Å². The van der Waals surface area contributed by atoms with Crippen LogP contribution in [0.15, 0.2) is 62.0 Å². The van der Waals surface area contributed by atoms with Crippen molar-refractivity contribution >= 4 is 78.1 Å². The Balaban J connectivity index is 0.898. The number of esters is 1. The number of pyridine rings is 2. The van der Waals surface area contributed by atoms with E-state index in [2.05, 4.69) is 36.9 Å². The van der Waals surface area contributed by atoms with Gasteiger partial charge in [-0.25, -0.2) is 9.78 Å². The van der Waals surface area contributed by atoms with Gasteiger partial charge in [0.15, 0.2) is 5.60 Å². The summed E-state index contributed by atoms with van der Waals surface area (Å²) in [5, 5.41) is 54.0. The van der Waals surface area contributed by atoms with Crippen LogP contribution in [0.4, 0.5) is 0 Å². The number of hydrogen-bond donors (Lipinski definition) is 6. The third-order valence-corrected chi connectivity index (χ3v) is 13.0. The number of ether oxygens (including phenoxy) is 1. The van der Waals surface area contributed by atoms with E-state index >= 15 is 0 Å². The Bertz CT molecular complexity index is 2370. The number of fused-ring (bicyclic) bond motifs is 5. The number of halogens is 1. The lowest BCUT2D eigenvalue weighted by atomic mass is 9.86. The highest BCUT2D eigenvalue weighted by atomic mass is 79.9. The summed E-state index contributed by atoms with van der Waals surface area (Å²) in [5.74, 6) is 0.0931. The molecule has 4 aromatic rings. The molecule has 2 aliphatic rings. The fourth-order valence-electron chi connectivity index (χ4n) is 6.78. The minimum Gasteiger partial charge on any atom is -0.508 e. The van der Waals surface area contributed by atoms with Crippen molar-refractivity contribution in [3.8, 4) is 22.9 Å². The van der Waals surface area contributed by atoms with Crippen molar-refractivity contribution in [2.24, 2.45) is 10.3 Å². The normalized spacial score (nSPS) is 15.8. The Morgan fingerprint density at radius 1 is 1.05 bits per heavy atom. The molecule has 0 saturated carbocycles. The SMILES string of the molecule is CCC1(O)C(=O)OCc2c1cc1n(c2=O)Cc2c-1nc1ccc(O)cc1c2C=NOCCCCCC(=O)NCCSSCCNC(=O)C(Cc1ccc(O)c(Br)c1)=NO. The second kappa shape index (κ2) is 19.8. The second-order valence-electron chi connectivity index (χ2n) is 13.8. The first-order chi connectivity index (χ1) is 28.4. The first-order valence-corrected chi connectivity index (χ1v) is 22.2. The molecule has 59 heavy (non-hydrogen) atoms. The summed E-state index contributed by atoms with van der Waals surface area (Å²) in [6.07, 6.45) is 4.13. The van der Waals surface area contributed by atoms with Gasteiger partial charge >= 0.3 is 5.97 Å². The molecule has 0 saturated heterocycles. The number of aromatic nitrogens is 2. The van der Waals surface area contributed by atoms with Crippen LogP contribution in [-0.2, 0) is 49.1 Å². The maximum Gasteiger partial charge on any atom is 0.343 e. The average Bonchev–Trinajstić information content (AvgIpc) is 3.59. The largest absolute Gasteiger partial charge is 0.508 e. The van der Waals surface area contributed by atoms with E-state index in [-0.39, 0.29) is 65.8 Å². The molecule has 2 aromatic heterocycles. The molecule has 16 nitrogen and oxygen atoms in total. The van der Waals surface area contributed by atoms with Gasteiger partial charge in [0.1, 0.15) is 30.4 Å². The zero-order valence-corrected chi connectivity index (χ0v) is 35.3. The zero-order chi connectivity index (χ0) is 42.1. The molecule has 2 aliphatic heterocycles. The monoisotopic (exact) mass is 910 g/mol. The van der Waals surface area contributed by atoms with E-state index in [1.54, 1.807) is 58.8 Å². The Kier molecular flexibility index (Phi) is 14.6. The highest BCUT2D eigenvalue weighted by Crippen LogP contribution is 2.40. The average molecular weight is 912 g/mol. The molecule has 0 radical (unpaired) electrons. The predicted molar refractivity (Wildman–Crippen MR) is 228 cm³/mol. The van der Waals surface area contributed by atoms with Crippen molar-refractivity contribution in [1.82, 2.24) is 20.2 Å². The van der Waals surface area contributed by atoms with Crippen LogP contribution in [0, 0.1) is 0 Å². The highest BCUT2D eigenvalue weighted by Gasteiger charge is 2.45. The summed E-state index contributed by atoms with van der Waals surface area (Å²) in [5.41, 5.74) is 1.56. The molecule has 6 N–H and O–H groups in total. The van der Waals surface area contributed by atoms with Crippen LogP contribution in [0.5, 0.6) is 11.5 Å². The molecule has 1 unspecified atom stereocenters. The van der Waals surface area contributed by atoms with Crippen LogP contribution in [0.3, 0.4) is 0 Å². The predicted octanol–water partition coefficient (Wildman–Crippen LogP) is 4.85. The number of nitrogens with zero attached hydrogens (tertiary/aromatic N) is 4. The number of cyclic esters (lactones) is 1. The van der Waals surface area contributed by atoms with Gasteiger partial charge < -0.3 is 45.3 Å². The van der Waals surface area contributed by atoms with Crippen LogP contribution in [0.2, 0.25) is 0 Å². The number of amides is 2. The molecule has 0 bridgehead atoms. The van der Waals surface area contributed by atoms with Crippen LogP contribution in [-0.4, -0.2) is 91.0 Å². The first-order valence-electron chi connectivity index (χ1n) is 18.9. The molecule has 0 aliphatic carbocycles. The lowest BCUT2D eigenvalue weighted by molar-refractivity contribution is -0.172. The van der Waals surface area contributed by atoms with E-state index in [0.29, 0.717) is 93.9 Å². The van der Waals surface area contributed by atoms with E-state index in [4.69, 9.17) is 14.6 Å². The molecule has 0 spiro atoms. The quantitative estimate of drug-likeness (QED) is 0.0163. The van der Waals surface area contributed by atoms with Gasteiger partial charge in [0, 0.05) is 59.5 Å². The minimum absolute atomic E-state index is 0.0311. The standard InChI is InChI=1S/C40H43BrN6O10S2/c1-2-40(54)29-19-33-36-27(21-47(33)38(52)28(29)22-56-39(40)53)26(25-18-24(48)8-9-31(25)45-36)20-44-57-13-5-3-4-6-35(50)42-11-14-58-59-15-12-43-37(51)32(46-55)17-23-7-10-34(49)30(41)16-23/h7-10,16,18-20,48-49,54-55H,2-6,11-15,17,21-22H2,1H3,(H,42,50)(H,43,51). The third-order valence-electron chi connectivity index (χ3n) is 9.94. The molecule has 6 rings (SSSR count). The number of aliphatic hydroxyl groups is 1. The number of benzene rings is 2. The first kappa shape index (κ1) is 43.5. The number of nitrogens with one attached hydrogen (secondary N) is 2. The van der Waals surface area contributed by atoms with E-state index in [0.717, 1.165) is 6.42 Å². The maximum atomic E-state index is 13.7. The fraction of sp³-hybridized carbons (Fsp3) is 0.375. The Hall–Kier alpha value is -5.11. The van der Waals surface area contributed by atoms with Crippen molar-refractivity contribution in [2.75, 3.05) is 31.2 Å². The maximum absolute atomic E-state index is 13.7. The van der Waals surface area contributed by atoms with E-state index in [1.807, 2.05) is 0 Å². The number of carbonyl (C=O) groups is 3. The summed E-state index contributed by atoms with van der Waals surface area (Å²) in [6.45, 7) is 2.75. The smallest absolute Gasteiger partial charge is 0.343 e. The van der Waals surface area contributed by atoms with E-state index < -0.39 is 17.5 Å². The van der Waals surface area contributed by atoms with Crippen LogP contribution < -0.4 is 16.2 Å². The van der Waals surface area contributed by atoms with Gasteiger partial charge in [-0.3, -0.25) is 14.4 Å². The van der Waals surface area contributed by atoms with Crippen molar-refractivity contribution in [3.05, 3.63) is 85.1 Å². The fourth-order valence-corrected chi connectivity index (χ4v) is 9.02. The van der Waals surface area contributed by atoms with Crippen molar-refractivity contribution in [3.63, 3.8) is 0 Å². The van der Waals surface area contributed by atoms with Gasteiger partial charge in [0.2, 0.25) is 5.91 Å². The van der Waals surface area contributed by atoms with Crippen molar-refractivity contribution in [2.45, 2.75) is 64.2 Å². The number of aromatic hydroxyl groups is 2. The van der Waals surface area contributed by atoms with Crippen molar-refractivity contribution in [1.29, 1.82) is 0 Å². The van der Waals surface area contributed by atoms with Crippen LogP contribution in [0.1, 0.15) is 66.8 Å². The summed E-state index contributed by atoms with van der Waals surface area (Å²) in [6, 6.07) is 11.2. The number of phenols is 2. The van der Waals surface area contributed by atoms with Crippen molar-refractivity contribution < 1.29 is 44.5 Å². The molecule has 2 amide bonds. The molecule has 4 heterocycles. The summed E-state index contributed by atoms with van der Waals surface area (Å²) >= 11 is 3.22. The van der Waals surface area contributed by atoms with Crippen LogP contribution >= 0.6 is 37.5 Å². The zero-order valence-electron chi connectivity index (χ0n) is 32.0. The minimum atomic E-state index is -1.94. The van der Waals surface area contributed by atoms with Crippen LogP contribution in [0.25, 0.3) is 22.3 Å². The van der Waals surface area contributed by atoms with Gasteiger partial charge in [0.25, 0.3) is 11.5 Å². The molecule has 1 atom stereocenters. The number of hydrogen-bond acceptors (Lipinski definition) is 15. The number of rotatable bonds is 19. The highest BCUT2D eigenvalue weighted by molar-refractivity contribution is 9.10. The van der Waals surface area contributed by atoms with Gasteiger partial charge in [-0.15, -0.1) is 0 Å². The molecular formula is C40H43BrN6O10S2. The lowest BCUT2D eigenvalue weighted by Crippen LogP contribution is -2.44. The molecule has 19 heteroatoms. The number of carbonyl (C=O) groups excluding carboxylic acids is 3. The van der Waals surface area contributed by atoms with Gasteiger partial charge in [0.05, 0.1) is 39.7 Å². The third kappa shape index (κ3) is 10.0. The molecule has 2 aromatic carbocycles.